The summed E-state index contributed by atoms with van der Waals surface area (Å²) in [6.45, 7) is 0. The molecule has 0 saturated heterocycles. The third kappa shape index (κ3) is 4.88. The standard InChI is InChI=1S/C18H14BrClNO4PS/c19-12-3-1-2-11(8-12)6-7-21-18(22)17(26(23,24)25)15-10-27-16-5-4-13(20)9-14(15)16/h1-10,17H,(H,21,22)(H2,23,24,25)/b7-6+. The highest BCUT2D eigenvalue weighted by atomic mass is 79.9. The van der Waals surface area contributed by atoms with Gasteiger partial charge in [0.05, 0.1) is 0 Å². The van der Waals surface area contributed by atoms with Crippen LogP contribution in [0.2, 0.25) is 5.02 Å². The summed E-state index contributed by atoms with van der Waals surface area (Å²) >= 11 is 10.7. The van der Waals surface area contributed by atoms with Crippen molar-refractivity contribution in [1.82, 2.24) is 5.32 Å². The molecule has 1 aromatic heterocycles. The van der Waals surface area contributed by atoms with E-state index in [-0.39, 0.29) is 5.56 Å². The Morgan fingerprint density at radius 1 is 1.26 bits per heavy atom. The molecule has 0 aliphatic carbocycles. The minimum atomic E-state index is -4.75. The van der Waals surface area contributed by atoms with Crippen LogP contribution in [0, 0.1) is 0 Å². The number of carbonyl (C=O) groups excluding carboxylic acids is 1. The molecule has 27 heavy (non-hydrogen) atoms. The first-order chi connectivity index (χ1) is 12.8. The van der Waals surface area contributed by atoms with Gasteiger partial charge in [0.15, 0.2) is 5.66 Å². The number of thiophene rings is 1. The average molecular weight is 487 g/mol. The maximum absolute atomic E-state index is 12.6. The van der Waals surface area contributed by atoms with Crippen LogP contribution in [0.15, 0.2) is 58.5 Å². The maximum atomic E-state index is 12.6. The molecule has 0 radical (unpaired) electrons. The lowest BCUT2D eigenvalue weighted by molar-refractivity contribution is -0.120. The van der Waals surface area contributed by atoms with Crippen molar-refractivity contribution in [2.24, 2.45) is 0 Å². The van der Waals surface area contributed by atoms with Crippen molar-refractivity contribution >= 4 is 68.5 Å². The van der Waals surface area contributed by atoms with Gasteiger partial charge >= 0.3 is 7.60 Å². The molecule has 1 amide bonds. The van der Waals surface area contributed by atoms with E-state index in [4.69, 9.17) is 11.6 Å². The number of benzene rings is 2. The van der Waals surface area contributed by atoms with Gasteiger partial charge in [-0.05, 0) is 58.3 Å². The van der Waals surface area contributed by atoms with E-state index in [0.29, 0.717) is 10.4 Å². The van der Waals surface area contributed by atoms with Crippen molar-refractivity contribution in [3.05, 3.63) is 74.7 Å². The lowest BCUT2D eigenvalue weighted by Crippen LogP contribution is -2.25. The van der Waals surface area contributed by atoms with Gasteiger partial charge in [0.1, 0.15) is 0 Å². The zero-order valence-electron chi connectivity index (χ0n) is 13.7. The van der Waals surface area contributed by atoms with E-state index in [9.17, 15) is 19.1 Å². The molecule has 1 atom stereocenters. The molecular formula is C18H14BrClNO4PS. The van der Waals surface area contributed by atoms with Gasteiger partial charge in [-0.25, -0.2) is 0 Å². The van der Waals surface area contributed by atoms with E-state index in [1.807, 2.05) is 24.3 Å². The second-order valence-corrected chi connectivity index (χ2v) is 9.68. The Morgan fingerprint density at radius 3 is 2.74 bits per heavy atom. The van der Waals surface area contributed by atoms with Crippen LogP contribution in [0.25, 0.3) is 16.2 Å². The van der Waals surface area contributed by atoms with Gasteiger partial charge in [-0.3, -0.25) is 9.36 Å². The molecule has 0 aliphatic rings. The highest BCUT2D eigenvalue weighted by molar-refractivity contribution is 9.10. The molecule has 9 heteroatoms. The van der Waals surface area contributed by atoms with E-state index in [1.165, 1.54) is 17.5 Å². The molecular weight excluding hydrogens is 473 g/mol. The van der Waals surface area contributed by atoms with Crippen LogP contribution in [0.1, 0.15) is 16.8 Å². The summed E-state index contributed by atoms with van der Waals surface area (Å²) in [5, 5.41) is 5.05. The number of nitrogens with one attached hydrogen (secondary N) is 1. The monoisotopic (exact) mass is 485 g/mol. The average Bonchev–Trinajstić information content (AvgIpc) is 2.96. The van der Waals surface area contributed by atoms with Gasteiger partial charge in [0, 0.05) is 20.4 Å². The molecule has 0 saturated carbocycles. The lowest BCUT2D eigenvalue weighted by Gasteiger charge is -2.16. The fourth-order valence-electron chi connectivity index (χ4n) is 2.62. The Labute approximate surface area is 173 Å². The summed E-state index contributed by atoms with van der Waals surface area (Å²) in [5.41, 5.74) is -0.527. The Hall–Kier alpha value is -1.47. The number of fused-ring (bicyclic) bond motifs is 1. The molecule has 3 rings (SSSR count). The maximum Gasteiger partial charge on any atom is 0.342 e. The normalized spacial score (nSPS) is 13.2. The molecule has 0 spiro atoms. The lowest BCUT2D eigenvalue weighted by atomic mass is 10.1. The van der Waals surface area contributed by atoms with Crippen molar-refractivity contribution in [3.63, 3.8) is 0 Å². The van der Waals surface area contributed by atoms with Crippen LogP contribution in [-0.2, 0) is 9.36 Å². The van der Waals surface area contributed by atoms with Gasteiger partial charge in [-0.1, -0.05) is 39.7 Å². The number of carbonyl (C=O) groups is 1. The van der Waals surface area contributed by atoms with Gasteiger partial charge in [0.2, 0.25) is 5.91 Å². The first-order valence-electron chi connectivity index (χ1n) is 7.70. The van der Waals surface area contributed by atoms with Crippen LogP contribution in [0.5, 0.6) is 0 Å². The molecule has 3 N–H and O–H groups in total. The summed E-state index contributed by atoms with van der Waals surface area (Å²) < 4.78 is 13.7. The van der Waals surface area contributed by atoms with Gasteiger partial charge in [0.25, 0.3) is 0 Å². The summed E-state index contributed by atoms with van der Waals surface area (Å²) in [6, 6.07) is 12.4. The number of amides is 1. The van der Waals surface area contributed by atoms with E-state index < -0.39 is 19.2 Å². The highest BCUT2D eigenvalue weighted by Gasteiger charge is 2.38. The van der Waals surface area contributed by atoms with E-state index >= 15 is 0 Å². The molecule has 2 aromatic carbocycles. The second-order valence-electron chi connectivity index (χ2n) is 5.72. The predicted molar refractivity (Wildman–Crippen MR) is 113 cm³/mol. The van der Waals surface area contributed by atoms with Crippen LogP contribution < -0.4 is 5.32 Å². The minimum Gasteiger partial charge on any atom is -0.332 e. The van der Waals surface area contributed by atoms with Crippen molar-refractivity contribution in [3.8, 4) is 0 Å². The third-order valence-corrected chi connectivity index (χ3v) is 6.69. The zero-order chi connectivity index (χ0) is 19.6. The molecule has 1 unspecified atom stereocenters. The minimum absolute atomic E-state index is 0.263. The van der Waals surface area contributed by atoms with Gasteiger partial charge in [-0.2, -0.15) is 0 Å². The number of hydrogen-bond donors (Lipinski definition) is 3. The largest absolute Gasteiger partial charge is 0.342 e. The fraction of sp³-hybridized carbons (Fsp3) is 0.0556. The Balaban J connectivity index is 1.89. The van der Waals surface area contributed by atoms with Crippen molar-refractivity contribution in [1.29, 1.82) is 0 Å². The first kappa shape index (κ1) is 20.3. The Bertz CT molecular complexity index is 1080. The quantitative estimate of drug-likeness (QED) is 0.426. The van der Waals surface area contributed by atoms with Crippen LogP contribution >= 0.6 is 46.5 Å². The van der Waals surface area contributed by atoms with Gasteiger partial charge < -0.3 is 15.1 Å². The molecule has 0 bridgehead atoms. The van der Waals surface area contributed by atoms with Crippen LogP contribution in [-0.4, -0.2) is 15.7 Å². The topological polar surface area (TPSA) is 86.6 Å². The fourth-order valence-corrected chi connectivity index (χ4v) is 5.23. The molecule has 3 aromatic rings. The molecule has 0 aliphatic heterocycles. The smallest absolute Gasteiger partial charge is 0.332 e. The van der Waals surface area contributed by atoms with Crippen molar-refractivity contribution in [2.45, 2.75) is 5.66 Å². The molecule has 1 heterocycles. The molecule has 0 fully saturated rings. The van der Waals surface area contributed by atoms with E-state index in [2.05, 4.69) is 21.2 Å². The van der Waals surface area contributed by atoms with Crippen LogP contribution in [0.3, 0.4) is 0 Å². The zero-order valence-corrected chi connectivity index (χ0v) is 17.7. The Kier molecular flexibility index (Phi) is 6.21. The summed E-state index contributed by atoms with van der Waals surface area (Å²) in [6.07, 6.45) is 3.01. The first-order valence-corrected chi connectivity index (χ1v) is 11.4. The van der Waals surface area contributed by atoms with Crippen molar-refractivity contribution in [2.75, 3.05) is 0 Å². The summed E-state index contributed by atoms with van der Waals surface area (Å²) in [5.74, 6) is -0.783. The van der Waals surface area contributed by atoms with E-state index in [1.54, 1.807) is 29.7 Å². The van der Waals surface area contributed by atoms with Crippen LogP contribution in [0.4, 0.5) is 0 Å². The number of rotatable bonds is 5. The highest BCUT2D eigenvalue weighted by Crippen LogP contribution is 2.54. The predicted octanol–water partition coefficient (Wildman–Crippen LogP) is 5.32. The SMILES string of the molecule is O=C(N/C=C/c1cccc(Br)c1)C(c1csc2ccc(Cl)cc12)P(=O)(O)O. The molecule has 140 valence electrons. The van der Waals surface area contributed by atoms with E-state index in [0.717, 1.165) is 14.7 Å². The number of hydrogen-bond acceptors (Lipinski definition) is 3. The summed E-state index contributed by atoms with van der Waals surface area (Å²) in [7, 11) is -4.75. The summed E-state index contributed by atoms with van der Waals surface area (Å²) in [4.78, 5) is 32.2. The number of halogens is 2. The van der Waals surface area contributed by atoms with Crippen molar-refractivity contribution < 1.29 is 19.1 Å². The third-order valence-electron chi connectivity index (χ3n) is 3.79. The second kappa shape index (κ2) is 8.27. The Morgan fingerprint density at radius 2 is 2.04 bits per heavy atom. The molecule has 5 nitrogen and oxygen atoms in total. The van der Waals surface area contributed by atoms with Gasteiger partial charge in [-0.15, -0.1) is 11.3 Å².